The van der Waals surface area contributed by atoms with E-state index in [1.54, 1.807) is 0 Å². The van der Waals surface area contributed by atoms with Crippen molar-refractivity contribution in [3.05, 3.63) is 0 Å². The van der Waals surface area contributed by atoms with E-state index in [-0.39, 0.29) is 5.60 Å². The Kier molecular flexibility index (Phi) is 5.67. The fourth-order valence-electron chi connectivity index (χ4n) is 3.70. The molecule has 1 aliphatic carbocycles. The van der Waals surface area contributed by atoms with Crippen molar-refractivity contribution in [3.63, 3.8) is 0 Å². The number of likely N-dealkylation sites (N-methyl/N-ethyl adjacent to an activating group) is 1. The van der Waals surface area contributed by atoms with Crippen molar-refractivity contribution < 1.29 is 9.47 Å². The summed E-state index contributed by atoms with van der Waals surface area (Å²) in [6.45, 7) is 5.98. The van der Waals surface area contributed by atoms with Gasteiger partial charge < -0.3 is 14.8 Å². The van der Waals surface area contributed by atoms with E-state index in [0.29, 0.717) is 18.1 Å². The third kappa shape index (κ3) is 4.17. The molecule has 3 nitrogen and oxygen atoms in total. The Morgan fingerprint density at radius 1 is 1.26 bits per heavy atom. The first-order chi connectivity index (χ1) is 9.15. The molecule has 2 unspecified atom stereocenters. The number of ether oxygens (including phenoxy) is 2. The van der Waals surface area contributed by atoms with Crippen LogP contribution in [0, 0.1) is 5.92 Å². The highest BCUT2D eigenvalue weighted by Crippen LogP contribution is 2.41. The van der Waals surface area contributed by atoms with E-state index in [0.717, 1.165) is 13.2 Å². The molecule has 1 heterocycles. The van der Waals surface area contributed by atoms with Crippen molar-refractivity contribution in [2.75, 3.05) is 20.3 Å². The Morgan fingerprint density at radius 3 is 2.63 bits per heavy atom. The smallest absolute Gasteiger partial charge is 0.0685 e. The van der Waals surface area contributed by atoms with Crippen LogP contribution in [-0.2, 0) is 9.47 Å². The normalized spacial score (nSPS) is 28.7. The first-order valence-corrected chi connectivity index (χ1v) is 8.08. The molecule has 1 spiro atoms. The van der Waals surface area contributed by atoms with Gasteiger partial charge in [-0.2, -0.15) is 0 Å². The zero-order valence-electron chi connectivity index (χ0n) is 12.9. The van der Waals surface area contributed by atoms with Crippen molar-refractivity contribution >= 4 is 0 Å². The molecule has 2 atom stereocenters. The maximum absolute atomic E-state index is 6.19. The highest BCUT2D eigenvalue weighted by atomic mass is 16.5. The van der Waals surface area contributed by atoms with E-state index in [4.69, 9.17) is 9.47 Å². The number of hydrogen-bond acceptors (Lipinski definition) is 3. The topological polar surface area (TPSA) is 30.5 Å². The zero-order chi connectivity index (χ0) is 13.7. The van der Waals surface area contributed by atoms with Crippen LogP contribution in [0.2, 0.25) is 0 Å². The Bertz CT molecular complexity index is 256. The first kappa shape index (κ1) is 15.3. The summed E-state index contributed by atoms with van der Waals surface area (Å²) in [6, 6.07) is 0.477. The van der Waals surface area contributed by atoms with Gasteiger partial charge in [-0.3, -0.25) is 0 Å². The molecule has 2 aliphatic rings. The molecule has 112 valence electrons. The predicted octanol–water partition coefficient (Wildman–Crippen LogP) is 3.13. The van der Waals surface area contributed by atoms with Crippen LogP contribution >= 0.6 is 0 Å². The molecule has 1 N–H and O–H groups in total. The van der Waals surface area contributed by atoms with Gasteiger partial charge >= 0.3 is 0 Å². The highest BCUT2D eigenvalue weighted by Gasteiger charge is 2.40. The molecule has 2 rings (SSSR count). The van der Waals surface area contributed by atoms with Gasteiger partial charge in [-0.25, -0.2) is 0 Å². The molecule has 1 aliphatic heterocycles. The maximum Gasteiger partial charge on any atom is 0.0685 e. The fraction of sp³-hybridized carbons (Fsp3) is 1.00. The summed E-state index contributed by atoms with van der Waals surface area (Å²) in [4.78, 5) is 0. The van der Waals surface area contributed by atoms with E-state index >= 15 is 0 Å². The van der Waals surface area contributed by atoms with Crippen LogP contribution in [0.15, 0.2) is 0 Å². The van der Waals surface area contributed by atoms with Crippen molar-refractivity contribution in [1.82, 2.24) is 5.32 Å². The molecule has 3 heteroatoms. The Labute approximate surface area is 118 Å². The van der Waals surface area contributed by atoms with Gasteiger partial charge in [0.2, 0.25) is 0 Å². The molecule has 1 saturated heterocycles. The van der Waals surface area contributed by atoms with Crippen LogP contribution < -0.4 is 5.32 Å². The molecule has 2 fully saturated rings. The summed E-state index contributed by atoms with van der Waals surface area (Å²) in [6.07, 6.45) is 9.34. The first-order valence-electron chi connectivity index (χ1n) is 8.08. The number of nitrogens with one attached hydrogen (secondary N) is 1. The van der Waals surface area contributed by atoms with E-state index in [1.807, 2.05) is 0 Å². The molecule has 0 radical (unpaired) electrons. The largest absolute Gasteiger partial charge is 0.377 e. The predicted molar refractivity (Wildman–Crippen MR) is 78.4 cm³/mol. The van der Waals surface area contributed by atoms with Gasteiger partial charge in [0, 0.05) is 12.6 Å². The lowest BCUT2D eigenvalue weighted by Crippen LogP contribution is -2.48. The van der Waals surface area contributed by atoms with Gasteiger partial charge in [-0.1, -0.05) is 19.3 Å². The molecule has 1 saturated carbocycles. The summed E-state index contributed by atoms with van der Waals surface area (Å²) in [7, 11) is 2.07. The van der Waals surface area contributed by atoms with Crippen LogP contribution in [0.1, 0.15) is 58.8 Å². The van der Waals surface area contributed by atoms with Gasteiger partial charge in [0.1, 0.15) is 0 Å². The Balaban J connectivity index is 1.90. The molecule has 0 aromatic carbocycles. The molecule has 0 bridgehead atoms. The quantitative estimate of drug-likeness (QED) is 0.832. The van der Waals surface area contributed by atoms with Crippen molar-refractivity contribution in [2.45, 2.75) is 76.5 Å². The van der Waals surface area contributed by atoms with Gasteiger partial charge in [0.05, 0.1) is 18.3 Å². The second kappa shape index (κ2) is 7.05. The average molecular weight is 269 g/mol. The Morgan fingerprint density at radius 2 is 2.00 bits per heavy atom. The summed E-state index contributed by atoms with van der Waals surface area (Å²) in [5, 5.41) is 3.47. The van der Waals surface area contributed by atoms with Crippen LogP contribution in [0.3, 0.4) is 0 Å². The molecular formula is C16H31NO2. The van der Waals surface area contributed by atoms with Crippen LogP contribution in [0.4, 0.5) is 0 Å². The minimum atomic E-state index is 0.202. The lowest BCUT2D eigenvalue weighted by atomic mass is 9.74. The number of hydrogen-bond donors (Lipinski definition) is 1. The van der Waals surface area contributed by atoms with Crippen molar-refractivity contribution in [3.8, 4) is 0 Å². The van der Waals surface area contributed by atoms with E-state index in [9.17, 15) is 0 Å². The second-order valence-electron chi connectivity index (χ2n) is 6.62. The monoisotopic (exact) mass is 269 g/mol. The highest BCUT2D eigenvalue weighted by molar-refractivity contribution is 4.92. The number of rotatable bonds is 5. The molecule has 19 heavy (non-hydrogen) atoms. The van der Waals surface area contributed by atoms with Gasteiger partial charge in [0.15, 0.2) is 0 Å². The van der Waals surface area contributed by atoms with Crippen LogP contribution in [-0.4, -0.2) is 38.0 Å². The minimum Gasteiger partial charge on any atom is -0.377 e. The van der Waals surface area contributed by atoms with Crippen molar-refractivity contribution in [1.29, 1.82) is 0 Å². The third-order valence-electron chi connectivity index (χ3n) is 4.84. The van der Waals surface area contributed by atoms with Gasteiger partial charge in [0.25, 0.3) is 0 Å². The minimum absolute atomic E-state index is 0.202. The lowest BCUT2D eigenvalue weighted by Gasteiger charge is -2.45. The van der Waals surface area contributed by atoms with E-state index in [1.165, 1.54) is 44.9 Å². The molecule has 0 amide bonds. The molecule has 0 aromatic heterocycles. The van der Waals surface area contributed by atoms with Crippen LogP contribution in [0.25, 0.3) is 0 Å². The maximum atomic E-state index is 6.19. The van der Waals surface area contributed by atoms with E-state index < -0.39 is 0 Å². The third-order valence-corrected chi connectivity index (χ3v) is 4.84. The van der Waals surface area contributed by atoms with E-state index in [2.05, 4.69) is 26.2 Å². The summed E-state index contributed by atoms with van der Waals surface area (Å²) >= 11 is 0. The summed E-state index contributed by atoms with van der Waals surface area (Å²) in [5.41, 5.74) is 0.202. The van der Waals surface area contributed by atoms with Crippen molar-refractivity contribution in [2.24, 2.45) is 5.92 Å². The summed E-state index contributed by atoms with van der Waals surface area (Å²) < 4.78 is 12.0. The van der Waals surface area contributed by atoms with Crippen LogP contribution in [0.5, 0.6) is 0 Å². The second-order valence-corrected chi connectivity index (χ2v) is 6.62. The molecular weight excluding hydrogens is 238 g/mol. The average Bonchev–Trinajstić information content (AvgIpc) is 2.40. The summed E-state index contributed by atoms with van der Waals surface area (Å²) in [5.74, 6) is 0.704. The van der Waals surface area contributed by atoms with Gasteiger partial charge in [-0.15, -0.1) is 0 Å². The zero-order valence-corrected chi connectivity index (χ0v) is 12.9. The SMILES string of the molecule is CNC(COC(C)C)C1CCOC2(CCCCC2)C1. The van der Waals surface area contributed by atoms with Gasteiger partial charge in [-0.05, 0) is 52.5 Å². The molecule has 0 aromatic rings. The lowest BCUT2D eigenvalue weighted by molar-refractivity contribution is -0.125. The Hall–Kier alpha value is -0.120. The fourth-order valence-corrected chi connectivity index (χ4v) is 3.70. The standard InChI is InChI=1S/C16H31NO2/c1-13(2)18-12-15(17-3)14-7-10-19-16(11-14)8-5-4-6-9-16/h13-15,17H,4-12H2,1-3H3.